The molecule has 0 aliphatic rings. The summed E-state index contributed by atoms with van der Waals surface area (Å²) in [5.41, 5.74) is 0.105. The van der Waals surface area contributed by atoms with Crippen molar-refractivity contribution in [1.29, 1.82) is 0 Å². The summed E-state index contributed by atoms with van der Waals surface area (Å²) in [5.74, 6) is -1.50. The van der Waals surface area contributed by atoms with Crippen molar-refractivity contribution in [2.75, 3.05) is 0 Å². The molecule has 8 heteroatoms. The van der Waals surface area contributed by atoms with Crippen LogP contribution in [0.25, 0.3) is 16.9 Å². The number of aryl methyl sites for hydroxylation is 1. The highest BCUT2D eigenvalue weighted by Crippen LogP contribution is 2.26. The zero-order chi connectivity index (χ0) is 16.0. The summed E-state index contributed by atoms with van der Waals surface area (Å²) in [6.45, 7) is 1.57. The van der Waals surface area contributed by atoms with Crippen molar-refractivity contribution in [2.24, 2.45) is 0 Å². The Bertz CT molecular complexity index is 974. The van der Waals surface area contributed by atoms with Crippen LogP contribution in [-0.2, 0) is 0 Å². The first-order valence-corrected chi connectivity index (χ1v) is 7.26. The Labute approximate surface area is 136 Å². The largest absolute Gasteiger partial charge is 0.277 e. The van der Waals surface area contributed by atoms with Gasteiger partial charge in [0.25, 0.3) is 5.56 Å². The second-order valence-electron chi connectivity index (χ2n) is 4.55. The zero-order valence-corrected chi connectivity index (χ0v) is 13.4. The molecule has 0 radical (unpaired) electrons. The van der Waals surface area contributed by atoms with Crippen molar-refractivity contribution in [3.05, 3.63) is 61.7 Å². The maximum atomic E-state index is 14.0. The number of fused-ring (bicyclic) bond motifs is 1. The van der Waals surface area contributed by atoms with Crippen LogP contribution in [0.15, 0.2) is 33.8 Å². The molecule has 0 bridgehead atoms. The third-order valence-corrected chi connectivity index (χ3v) is 3.90. The average molecular weight is 387 g/mol. The van der Waals surface area contributed by atoms with Crippen LogP contribution in [-0.4, -0.2) is 14.4 Å². The molecule has 0 aliphatic heterocycles. The summed E-state index contributed by atoms with van der Waals surface area (Å²) in [7, 11) is 0. The van der Waals surface area contributed by atoms with E-state index in [4.69, 9.17) is 11.6 Å². The fraction of sp³-hybridized carbons (Fsp3) is 0.0714. The number of aromatic nitrogens is 3. The fourth-order valence-corrected chi connectivity index (χ4v) is 2.58. The van der Waals surface area contributed by atoms with Gasteiger partial charge in [-0.05, 0) is 35.0 Å². The smallest absolute Gasteiger partial charge is 0.267 e. The lowest BCUT2D eigenvalue weighted by molar-refractivity contribution is 0.585. The number of halogens is 4. The van der Waals surface area contributed by atoms with Crippen molar-refractivity contribution >= 4 is 33.2 Å². The minimum absolute atomic E-state index is 0.0267. The van der Waals surface area contributed by atoms with Gasteiger partial charge in [-0.25, -0.2) is 18.7 Å². The number of rotatable bonds is 1. The van der Waals surface area contributed by atoms with Crippen LogP contribution in [0, 0.1) is 18.6 Å². The van der Waals surface area contributed by atoms with Crippen LogP contribution in [0.4, 0.5) is 8.78 Å². The van der Waals surface area contributed by atoms with Gasteiger partial charge in [-0.15, -0.1) is 0 Å². The molecule has 0 fully saturated rings. The van der Waals surface area contributed by atoms with Crippen molar-refractivity contribution in [3.63, 3.8) is 0 Å². The molecule has 0 spiro atoms. The van der Waals surface area contributed by atoms with E-state index in [2.05, 4.69) is 25.9 Å². The van der Waals surface area contributed by atoms with Crippen molar-refractivity contribution in [3.8, 4) is 11.3 Å². The molecular formula is C14H7BrClF2N3O. The molecule has 0 atom stereocenters. The molecule has 0 amide bonds. The summed E-state index contributed by atoms with van der Waals surface area (Å²) in [4.78, 5) is 20.6. The maximum absolute atomic E-state index is 14.0. The average Bonchev–Trinajstić information content (AvgIpc) is 2.46. The predicted molar refractivity (Wildman–Crippen MR) is 82.1 cm³/mol. The molecular weight excluding hydrogens is 380 g/mol. The third kappa shape index (κ3) is 2.40. The highest BCUT2D eigenvalue weighted by Gasteiger charge is 2.17. The molecule has 22 heavy (non-hydrogen) atoms. The maximum Gasteiger partial charge on any atom is 0.277 e. The Hall–Kier alpha value is -1.86. The van der Waals surface area contributed by atoms with E-state index in [1.165, 1.54) is 16.7 Å². The molecule has 0 saturated carbocycles. The van der Waals surface area contributed by atoms with Crippen LogP contribution in [0.3, 0.4) is 0 Å². The predicted octanol–water partition coefficient (Wildman–Crippen LogP) is 3.76. The van der Waals surface area contributed by atoms with Crippen LogP contribution in [0.2, 0.25) is 5.02 Å². The van der Waals surface area contributed by atoms with Gasteiger partial charge in [0.15, 0.2) is 5.65 Å². The standard InChI is InChI=1S/C14H7BrClF2N3O/c1-6-11(16)14(22)21-5-10(15)20-12(13(21)19-6)8-3-2-7(17)4-9(8)18/h2-5H,1H3. The van der Waals surface area contributed by atoms with E-state index < -0.39 is 17.2 Å². The fourth-order valence-electron chi connectivity index (χ4n) is 2.06. The number of hydrogen-bond donors (Lipinski definition) is 0. The van der Waals surface area contributed by atoms with Gasteiger partial charge in [0.2, 0.25) is 0 Å². The second kappa shape index (κ2) is 5.40. The SMILES string of the molecule is Cc1nc2c(-c3ccc(F)cc3F)nc(Br)cn2c(=O)c1Cl. The van der Waals surface area contributed by atoms with E-state index in [9.17, 15) is 13.6 Å². The van der Waals surface area contributed by atoms with Gasteiger partial charge in [0, 0.05) is 17.8 Å². The molecule has 0 unspecified atom stereocenters. The van der Waals surface area contributed by atoms with E-state index in [0.717, 1.165) is 12.1 Å². The minimum Gasteiger partial charge on any atom is -0.267 e. The lowest BCUT2D eigenvalue weighted by Gasteiger charge is -2.10. The second-order valence-corrected chi connectivity index (χ2v) is 5.74. The van der Waals surface area contributed by atoms with Gasteiger partial charge >= 0.3 is 0 Å². The lowest BCUT2D eigenvalue weighted by atomic mass is 10.1. The first-order valence-electron chi connectivity index (χ1n) is 6.09. The van der Waals surface area contributed by atoms with Crippen LogP contribution in [0.5, 0.6) is 0 Å². The quantitative estimate of drug-likeness (QED) is 0.640. The van der Waals surface area contributed by atoms with E-state index in [1.807, 2.05) is 0 Å². The highest BCUT2D eigenvalue weighted by molar-refractivity contribution is 9.10. The summed E-state index contributed by atoms with van der Waals surface area (Å²) in [5, 5.41) is -0.0267. The van der Waals surface area contributed by atoms with E-state index >= 15 is 0 Å². The topological polar surface area (TPSA) is 47.3 Å². The summed E-state index contributed by atoms with van der Waals surface area (Å²) < 4.78 is 28.6. The van der Waals surface area contributed by atoms with Gasteiger partial charge in [-0.2, -0.15) is 0 Å². The van der Waals surface area contributed by atoms with Crippen LogP contribution in [0.1, 0.15) is 5.69 Å². The molecule has 2 aromatic heterocycles. The van der Waals surface area contributed by atoms with Crippen molar-refractivity contribution in [1.82, 2.24) is 14.4 Å². The monoisotopic (exact) mass is 385 g/mol. The van der Waals surface area contributed by atoms with Crippen LogP contribution >= 0.6 is 27.5 Å². The van der Waals surface area contributed by atoms with Gasteiger partial charge in [-0.1, -0.05) is 11.6 Å². The third-order valence-electron chi connectivity index (χ3n) is 3.08. The van der Waals surface area contributed by atoms with E-state index in [-0.39, 0.29) is 21.9 Å². The summed E-state index contributed by atoms with van der Waals surface area (Å²) in [6, 6.07) is 3.10. The van der Waals surface area contributed by atoms with Gasteiger partial charge in [0.05, 0.1) is 5.69 Å². The Morgan fingerprint density at radius 2 is 2.00 bits per heavy atom. The van der Waals surface area contributed by atoms with Gasteiger partial charge in [-0.3, -0.25) is 9.20 Å². The Morgan fingerprint density at radius 3 is 2.68 bits per heavy atom. The molecule has 4 nitrogen and oxygen atoms in total. The molecule has 1 aromatic carbocycles. The molecule has 2 heterocycles. The lowest BCUT2D eigenvalue weighted by Crippen LogP contribution is -2.18. The molecule has 3 rings (SSSR count). The highest BCUT2D eigenvalue weighted by atomic mass is 79.9. The van der Waals surface area contributed by atoms with E-state index in [0.29, 0.717) is 10.3 Å². The number of benzene rings is 1. The number of nitrogens with zero attached hydrogens (tertiary/aromatic N) is 3. The molecule has 0 N–H and O–H groups in total. The molecule has 112 valence electrons. The summed E-state index contributed by atoms with van der Waals surface area (Å²) >= 11 is 9.06. The van der Waals surface area contributed by atoms with Gasteiger partial charge in [0.1, 0.15) is 27.0 Å². The molecule has 3 aromatic rings. The van der Waals surface area contributed by atoms with E-state index in [1.54, 1.807) is 6.92 Å². The minimum atomic E-state index is -0.797. The summed E-state index contributed by atoms with van der Waals surface area (Å²) in [6.07, 6.45) is 1.39. The molecule has 0 aliphatic carbocycles. The van der Waals surface area contributed by atoms with Crippen LogP contribution < -0.4 is 5.56 Å². The van der Waals surface area contributed by atoms with Crippen molar-refractivity contribution < 1.29 is 8.78 Å². The molecule has 0 saturated heterocycles. The van der Waals surface area contributed by atoms with Gasteiger partial charge < -0.3 is 0 Å². The first kappa shape index (κ1) is 15.1. The zero-order valence-electron chi connectivity index (χ0n) is 11.1. The number of hydrogen-bond acceptors (Lipinski definition) is 3. The Kier molecular flexibility index (Phi) is 3.70. The normalized spacial score (nSPS) is 11.1. The Balaban J connectivity index is 2.46. The Morgan fingerprint density at radius 1 is 1.27 bits per heavy atom. The first-order chi connectivity index (χ1) is 10.4. The van der Waals surface area contributed by atoms with Crippen molar-refractivity contribution in [2.45, 2.75) is 6.92 Å².